The largest absolute Gasteiger partial charge is 0.481 e. The molecule has 0 radical (unpaired) electrons. The van der Waals surface area contributed by atoms with E-state index in [4.69, 9.17) is 0 Å². The van der Waals surface area contributed by atoms with Crippen LogP contribution in [0.15, 0.2) is 54.7 Å². The van der Waals surface area contributed by atoms with Gasteiger partial charge in [0.15, 0.2) is 0 Å². The van der Waals surface area contributed by atoms with Gasteiger partial charge in [-0.05, 0) is 24.1 Å². The Kier molecular flexibility index (Phi) is 6.51. The van der Waals surface area contributed by atoms with Crippen LogP contribution in [0.1, 0.15) is 36.1 Å². The number of amides is 2. The lowest BCUT2D eigenvalue weighted by atomic mass is 10.00. The molecule has 0 fully saturated rings. The Balaban J connectivity index is 1.83. The highest BCUT2D eigenvalue weighted by atomic mass is 16.4. The van der Waals surface area contributed by atoms with Crippen molar-refractivity contribution in [2.24, 2.45) is 0 Å². The van der Waals surface area contributed by atoms with Crippen LogP contribution in [0.4, 0.5) is 0 Å². The molecule has 2 amide bonds. The van der Waals surface area contributed by atoms with E-state index in [2.05, 4.69) is 15.6 Å². The van der Waals surface area contributed by atoms with E-state index in [0.717, 1.165) is 22.0 Å². The number of aromatic nitrogens is 1. The molecule has 0 bridgehead atoms. The van der Waals surface area contributed by atoms with Crippen LogP contribution in [0.25, 0.3) is 10.9 Å². The zero-order chi connectivity index (χ0) is 21.7. The van der Waals surface area contributed by atoms with Crippen molar-refractivity contribution in [3.05, 3.63) is 71.4 Å². The zero-order valence-electron chi connectivity index (χ0n) is 16.9. The van der Waals surface area contributed by atoms with Crippen molar-refractivity contribution < 1.29 is 19.5 Å². The van der Waals surface area contributed by atoms with E-state index in [1.165, 1.54) is 6.92 Å². The highest BCUT2D eigenvalue weighted by molar-refractivity contribution is 5.89. The number of hydrogen-bond donors (Lipinski definition) is 4. The van der Waals surface area contributed by atoms with Gasteiger partial charge in [-0.25, -0.2) is 0 Å². The fourth-order valence-corrected chi connectivity index (χ4v) is 3.47. The molecule has 3 aromatic rings. The molecule has 0 saturated carbocycles. The predicted molar refractivity (Wildman–Crippen MR) is 114 cm³/mol. The van der Waals surface area contributed by atoms with E-state index in [9.17, 15) is 19.5 Å². The van der Waals surface area contributed by atoms with E-state index in [-0.39, 0.29) is 18.7 Å². The summed E-state index contributed by atoms with van der Waals surface area (Å²) in [5.74, 6) is -1.78. The number of hydrogen-bond acceptors (Lipinski definition) is 3. The molecule has 2 unspecified atom stereocenters. The molecular weight excluding hydrogens is 382 g/mol. The van der Waals surface area contributed by atoms with Gasteiger partial charge in [0, 0.05) is 30.4 Å². The number of carbonyl (C=O) groups excluding carboxylic acids is 2. The summed E-state index contributed by atoms with van der Waals surface area (Å²) in [7, 11) is 0. The molecule has 3 rings (SSSR count). The minimum atomic E-state index is -1.02. The lowest BCUT2D eigenvalue weighted by Gasteiger charge is -2.23. The third kappa shape index (κ3) is 5.26. The standard InChI is InChI=1S/C23H25N3O4/c1-14-7-9-16(10-8-14)20(12-22(28)29)26-23(30)21(25-15(2)27)11-17-13-24-19-6-4-3-5-18(17)19/h3-10,13,20-21,24H,11-12H2,1-2H3,(H,25,27)(H,26,30)(H,28,29). The smallest absolute Gasteiger partial charge is 0.305 e. The second-order valence-electron chi connectivity index (χ2n) is 7.39. The Morgan fingerprint density at radius 1 is 1.03 bits per heavy atom. The first-order chi connectivity index (χ1) is 14.3. The number of carboxylic acid groups (broad SMARTS) is 1. The first kappa shape index (κ1) is 21.1. The SMILES string of the molecule is CC(=O)NC(Cc1c[nH]c2ccccc12)C(=O)NC(CC(=O)O)c1ccc(C)cc1. The third-order valence-corrected chi connectivity index (χ3v) is 4.97. The third-order valence-electron chi connectivity index (χ3n) is 4.97. The Bertz CT molecular complexity index is 1060. The molecule has 0 saturated heterocycles. The van der Waals surface area contributed by atoms with Crippen molar-refractivity contribution in [2.75, 3.05) is 0 Å². The summed E-state index contributed by atoms with van der Waals surface area (Å²) < 4.78 is 0. The summed E-state index contributed by atoms with van der Waals surface area (Å²) in [5, 5.41) is 15.8. The van der Waals surface area contributed by atoms with Crippen molar-refractivity contribution in [1.29, 1.82) is 0 Å². The summed E-state index contributed by atoms with van der Waals surface area (Å²) in [5.41, 5.74) is 3.57. The molecule has 2 aromatic carbocycles. The number of fused-ring (bicyclic) bond motifs is 1. The van der Waals surface area contributed by atoms with E-state index < -0.39 is 24.0 Å². The molecule has 30 heavy (non-hydrogen) atoms. The normalized spacial score (nSPS) is 12.9. The molecular formula is C23H25N3O4. The van der Waals surface area contributed by atoms with Crippen molar-refractivity contribution in [2.45, 2.75) is 38.8 Å². The van der Waals surface area contributed by atoms with E-state index in [1.807, 2.05) is 49.5 Å². The molecule has 0 aliphatic rings. The highest BCUT2D eigenvalue weighted by Gasteiger charge is 2.25. The van der Waals surface area contributed by atoms with Gasteiger partial charge >= 0.3 is 5.97 Å². The summed E-state index contributed by atoms with van der Waals surface area (Å²) >= 11 is 0. The Labute approximate surface area is 174 Å². The van der Waals surface area contributed by atoms with Crippen LogP contribution >= 0.6 is 0 Å². The number of aromatic amines is 1. The maximum absolute atomic E-state index is 13.0. The molecule has 2 atom stereocenters. The maximum Gasteiger partial charge on any atom is 0.305 e. The van der Waals surface area contributed by atoms with Gasteiger partial charge in [-0.15, -0.1) is 0 Å². The van der Waals surface area contributed by atoms with Gasteiger partial charge in [-0.3, -0.25) is 14.4 Å². The van der Waals surface area contributed by atoms with Gasteiger partial charge in [0.1, 0.15) is 6.04 Å². The van der Waals surface area contributed by atoms with Crippen LogP contribution in [0.3, 0.4) is 0 Å². The number of carboxylic acids is 1. The fraction of sp³-hybridized carbons (Fsp3) is 0.261. The molecule has 1 heterocycles. The molecule has 4 N–H and O–H groups in total. The van der Waals surface area contributed by atoms with Gasteiger partial charge in [0.25, 0.3) is 0 Å². The van der Waals surface area contributed by atoms with Crippen molar-refractivity contribution in [3.8, 4) is 0 Å². The van der Waals surface area contributed by atoms with Crippen molar-refractivity contribution in [3.63, 3.8) is 0 Å². The number of aliphatic carboxylic acids is 1. The Hall–Kier alpha value is -3.61. The van der Waals surface area contributed by atoms with Gasteiger partial charge in [0.05, 0.1) is 12.5 Å². The summed E-state index contributed by atoms with van der Waals surface area (Å²) in [6.07, 6.45) is 1.85. The maximum atomic E-state index is 13.0. The Morgan fingerprint density at radius 3 is 2.40 bits per heavy atom. The number of benzene rings is 2. The predicted octanol–water partition coefficient (Wildman–Crippen LogP) is 2.86. The minimum Gasteiger partial charge on any atom is -0.481 e. The molecule has 0 spiro atoms. The van der Waals surface area contributed by atoms with Crippen LogP contribution < -0.4 is 10.6 Å². The average molecular weight is 407 g/mol. The molecule has 7 nitrogen and oxygen atoms in total. The van der Waals surface area contributed by atoms with Gasteiger partial charge < -0.3 is 20.7 Å². The second kappa shape index (κ2) is 9.26. The first-order valence-corrected chi connectivity index (χ1v) is 9.74. The first-order valence-electron chi connectivity index (χ1n) is 9.74. The van der Waals surface area contributed by atoms with Gasteiger partial charge in [0.2, 0.25) is 11.8 Å². The number of rotatable bonds is 8. The molecule has 0 aliphatic heterocycles. The molecule has 1 aromatic heterocycles. The monoisotopic (exact) mass is 407 g/mol. The molecule has 0 aliphatic carbocycles. The van der Waals surface area contributed by atoms with Gasteiger partial charge in [-0.1, -0.05) is 48.0 Å². The Morgan fingerprint density at radius 2 is 1.73 bits per heavy atom. The fourth-order valence-electron chi connectivity index (χ4n) is 3.47. The topological polar surface area (TPSA) is 111 Å². The zero-order valence-corrected chi connectivity index (χ0v) is 16.9. The second-order valence-corrected chi connectivity index (χ2v) is 7.39. The van der Waals surface area contributed by atoms with Crippen LogP contribution in [-0.4, -0.2) is 33.9 Å². The average Bonchev–Trinajstić information content (AvgIpc) is 3.10. The van der Waals surface area contributed by atoms with Gasteiger partial charge in [-0.2, -0.15) is 0 Å². The number of carbonyl (C=O) groups is 3. The number of aryl methyl sites for hydroxylation is 1. The summed E-state index contributed by atoms with van der Waals surface area (Å²) in [6, 6.07) is 13.5. The summed E-state index contributed by atoms with van der Waals surface area (Å²) in [6.45, 7) is 3.28. The van der Waals surface area contributed by atoms with E-state index in [1.54, 1.807) is 12.1 Å². The summed E-state index contributed by atoms with van der Waals surface area (Å²) in [4.78, 5) is 39.3. The molecule has 156 valence electrons. The highest BCUT2D eigenvalue weighted by Crippen LogP contribution is 2.21. The number of H-pyrrole nitrogens is 1. The quantitative estimate of drug-likeness (QED) is 0.460. The van der Waals surface area contributed by atoms with Crippen LogP contribution in [0.5, 0.6) is 0 Å². The number of para-hydroxylation sites is 1. The van der Waals surface area contributed by atoms with E-state index in [0.29, 0.717) is 5.56 Å². The molecule has 7 heteroatoms. The van der Waals surface area contributed by atoms with Crippen LogP contribution in [0, 0.1) is 6.92 Å². The van der Waals surface area contributed by atoms with Crippen LogP contribution in [-0.2, 0) is 20.8 Å². The number of nitrogens with one attached hydrogen (secondary N) is 3. The van der Waals surface area contributed by atoms with Crippen molar-refractivity contribution >= 4 is 28.7 Å². The van der Waals surface area contributed by atoms with Crippen LogP contribution in [0.2, 0.25) is 0 Å². The van der Waals surface area contributed by atoms with Crippen molar-refractivity contribution in [1.82, 2.24) is 15.6 Å². The van der Waals surface area contributed by atoms with E-state index >= 15 is 0 Å². The minimum absolute atomic E-state index is 0.255. The lowest BCUT2D eigenvalue weighted by Crippen LogP contribution is -2.48. The lowest BCUT2D eigenvalue weighted by molar-refractivity contribution is -0.138.